The van der Waals surface area contributed by atoms with Crippen molar-refractivity contribution in [3.63, 3.8) is 0 Å². The second-order valence-electron chi connectivity index (χ2n) is 3.16. The first-order chi connectivity index (χ1) is 5.72. The van der Waals surface area contributed by atoms with Gasteiger partial charge in [0.1, 0.15) is 0 Å². The smallest absolute Gasteiger partial charge is 0.221 e. The van der Waals surface area contributed by atoms with Gasteiger partial charge in [-0.05, 0) is 12.8 Å². The summed E-state index contributed by atoms with van der Waals surface area (Å²) in [4.78, 5) is 11.1. The van der Waals surface area contributed by atoms with E-state index < -0.39 is 0 Å². The Labute approximate surface area is 72.1 Å². The van der Waals surface area contributed by atoms with E-state index in [1.165, 1.54) is 0 Å². The summed E-state index contributed by atoms with van der Waals surface area (Å²) in [5, 5.41) is 11.3. The largest absolute Gasteiger partial charge is 0.353 e. The van der Waals surface area contributed by atoms with Crippen LogP contribution in [-0.2, 0) is 4.79 Å². The number of nitriles is 1. The average Bonchev–Trinajstić information content (AvgIpc) is 2.82. The Morgan fingerprint density at radius 1 is 1.75 bits per heavy atom. The Hall–Kier alpha value is -1.30. The Morgan fingerprint density at radius 2 is 2.42 bits per heavy atom. The highest BCUT2D eigenvalue weighted by Gasteiger charge is 2.44. The van der Waals surface area contributed by atoms with Crippen LogP contribution < -0.4 is 5.32 Å². The summed E-state index contributed by atoms with van der Waals surface area (Å²) in [6.45, 7) is 3.97. The van der Waals surface area contributed by atoms with Crippen LogP contribution in [-0.4, -0.2) is 12.5 Å². The molecule has 0 spiro atoms. The molecule has 0 radical (unpaired) electrons. The number of amides is 1. The summed E-state index contributed by atoms with van der Waals surface area (Å²) in [5.41, 5.74) is -0.328. The van der Waals surface area contributed by atoms with Crippen LogP contribution in [0.3, 0.4) is 0 Å². The molecule has 1 fully saturated rings. The third kappa shape index (κ3) is 2.09. The lowest BCUT2D eigenvalue weighted by atomic mass is 10.0. The molecule has 64 valence electrons. The van der Waals surface area contributed by atoms with Gasteiger partial charge in [0, 0.05) is 13.0 Å². The molecule has 1 saturated carbocycles. The minimum atomic E-state index is -0.328. The van der Waals surface area contributed by atoms with Gasteiger partial charge in [-0.15, -0.1) is 6.58 Å². The molecule has 0 saturated heterocycles. The molecule has 3 heteroatoms. The zero-order valence-corrected chi connectivity index (χ0v) is 6.97. The molecule has 0 atom stereocenters. The summed E-state index contributed by atoms with van der Waals surface area (Å²) < 4.78 is 0. The van der Waals surface area contributed by atoms with Crippen LogP contribution in [0.5, 0.6) is 0 Å². The number of rotatable bonds is 4. The molecule has 1 amide bonds. The molecule has 0 aromatic rings. The Morgan fingerprint density at radius 3 is 2.83 bits per heavy atom. The first-order valence-corrected chi connectivity index (χ1v) is 4.01. The lowest BCUT2D eigenvalue weighted by molar-refractivity contribution is -0.121. The highest BCUT2D eigenvalue weighted by atomic mass is 16.1. The van der Waals surface area contributed by atoms with Crippen molar-refractivity contribution in [2.75, 3.05) is 6.54 Å². The quantitative estimate of drug-likeness (QED) is 0.630. The number of nitrogens with one attached hydrogen (secondary N) is 1. The van der Waals surface area contributed by atoms with E-state index >= 15 is 0 Å². The van der Waals surface area contributed by atoms with Crippen LogP contribution in [0.15, 0.2) is 12.7 Å². The van der Waals surface area contributed by atoms with Gasteiger partial charge in [0.25, 0.3) is 0 Å². The van der Waals surface area contributed by atoms with E-state index in [-0.39, 0.29) is 11.3 Å². The molecule has 1 aliphatic carbocycles. The maximum absolute atomic E-state index is 11.1. The van der Waals surface area contributed by atoms with Crippen molar-refractivity contribution in [2.24, 2.45) is 5.41 Å². The van der Waals surface area contributed by atoms with E-state index in [2.05, 4.69) is 18.0 Å². The normalized spacial score (nSPS) is 17.6. The van der Waals surface area contributed by atoms with Gasteiger partial charge in [0.05, 0.1) is 11.5 Å². The first-order valence-electron chi connectivity index (χ1n) is 4.01. The zero-order chi connectivity index (χ0) is 9.03. The Bertz CT molecular complexity index is 235. The van der Waals surface area contributed by atoms with E-state index in [1.54, 1.807) is 6.08 Å². The molecule has 0 bridgehead atoms. The molecule has 0 aliphatic heterocycles. The molecule has 3 nitrogen and oxygen atoms in total. The van der Waals surface area contributed by atoms with E-state index in [1.807, 2.05) is 0 Å². The standard InChI is InChI=1S/C9H12N2O/c1-2-5-11-8(12)6-9(7-10)3-4-9/h2H,1,3-6H2,(H,11,12). The van der Waals surface area contributed by atoms with Gasteiger partial charge in [-0.25, -0.2) is 0 Å². The zero-order valence-electron chi connectivity index (χ0n) is 6.97. The van der Waals surface area contributed by atoms with Crippen LogP contribution in [0.2, 0.25) is 0 Å². The van der Waals surface area contributed by atoms with E-state index in [4.69, 9.17) is 5.26 Å². The maximum atomic E-state index is 11.1. The molecular formula is C9H12N2O. The number of nitrogens with zero attached hydrogens (tertiary/aromatic N) is 1. The van der Waals surface area contributed by atoms with Crippen molar-refractivity contribution in [1.82, 2.24) is 5.32 Å². The van der Waals surface area contributed by atoms with Crippen LogP contribution in [0.4, 0.5) is 0 Å². The van der Waals surface area contributed by atoms with Crippen LogP contribution in [0, 0.1) is 16.7 Å². The monoisotopic (exact) mass is 164 g/mol. The molecule has 12 heavy (non-hydrogen) atoms. The molecule has 0 aromatic heterocycles. The van der Waals surface area contributed by atoms with Crippen molar-refractivity contribution in [3.8, 4) is 6.07 Å². The maximum Gasteiger partial charge on any atom is 0.221 e. The summed E-state index contributed by atoms with van der Waals surface area (Å²) in [6.07, 6.45) is 3.71. The number of carbonyl (C=O) groups excluding carboxylic acids is 1. The van der Waals surface area contributed by atoms with Gasteiger partial charge in [-0.1, -0.05) is 6.08 Å². The van der Waals surface area contributed by atoms with Gasteiger partial charge in [-0.2, -0.15) is 5.26 Å². The lowest BCUT2D eigenvalue weighted by Gasteiger charge is -2.04. The van der Waals surface area contributed by atoms with E-state index in [0.29, 0.717) is 13.0 Å². The molecular weight excluding hydrogens is 152 g/mol. The minimum absolute atomic E-state index is 0.0473. The summed E-state index contributed by atoms with van der Waals surface area (Å²) in [7, 11) is 0. The summed E-state index contributed by atoms with van der Waals surface area (Å²) in [5.74, 6) is -0.0473. The average molecular weight is 164 g/mol. The molecule has 1 aliphatic rings. The van der Waals surface area contributed by atoms with Gasteiger partial charge < -0.3 is 5.32 Å². The van der Waals surface area contributed by atoms with Crippen molar-refractivity contribution in [1.29, 1.82) is 5.26 Å². The first kappa shape index (κ1) is 8.79. The fourth-order valence-electron chi connectivity index (χ4n) is 1.03. The third-order valence-electron chi connectivity index (χ3n) is 2.03. The predicted molar refractivity (Wildman–Crippen MR) is 45.1 cm³/mol. The summed E-state index contributed by atoms with van der Waals surface area (Å²) in [6, 6.07) is 2.17. The van der Waals surface area contributed by atoms with E-state index in [9.17, 15) is 4.79 Å². The molecule has 1 rings (SSSR count). The second-order valence-corrected chi connectivity index (χ2v) is 3.16. The van der Waals surface area contributed by atoms with Crippen molar-refractivity contribution in [2.45, 2.75) is 19.3 Å². The molecule has 1 N–H and O–H groups in total. The van der Waals surface area contributed by atoms with Crippen LogP contribution >= 0.6 is 0 Å². The van der Waals surface area contributed by atoms with Crippen molar-refractivity contribution >= 4 is 5.91 Å². The van der Waals surface area contributed by atoms with Gasteiger partial charge in [0.15, 0.2) is 0 Å². The Kier molecular flexibility index (Phi) is 2.49. The lowest BCUT2D eigenvalue weighted by Crippen LogP contribution is -2.25. The molecule has 0 unspecified atom stereocenters. The predicted octanol–water partition coefficient (Wildman–Crippen LogP) is 0.982. The van der Waals surface area contributed by atoms with Crippen LogP contribution in [0.25, 0.3) is 0 Å². The number of hydrogen-bond acceptors (Lipinski definition) is 2. The highest BCUT2D eigenvalue weighted by Crippen LogP contribution is 2.47. The topological polar surface area (TPSA) is 52.9 Å². The van der Waals surface area contributed by atoms with E-state index in [0.717, 1.165) is 12.8 Å². The van der Waals surface area contributed by atoms with Gasteiger partial charge in [-0.3, -0.25) is 4.79 Å². The SMILES string of the molecule is C=CCNC(=O)CC1(C#N)CC1. The van der Waals surface area contributed by atoms with Gasteiger partial charge >= 0.3 is 0 Å². The fraction of sp³-hybridized carbons (Fsp3) is 0.556. The summed E-state index contributed by atoms with van der Waals surface area (Å²) >= 11 is 0. The second kappa shape index (κ2) is 3.40. The van der Waals surface area contributed by atoms with Gasteiger partial charge in [0.2, 0.25) is 5.91 Å². The number of hydrogen-bond donors (Lipinski definition) is 1. The van der Waals surface area contributed by atoms with Crippen molar-refractivity contribution in [3.05, 3.63) is 12.7 Å². The Balaban J connectivity index is 2.27. The highest BCUT2D eigenvalue weighted by molar-refractivity contribution is 5.77. The molecule has 0 aromatic carbocycles. The number of carbonyl (C=O) groups is 1. The minimum Gasteiger partial charge on any atom is -0.353 e. The fourth-order valence-corrected chi connectivity index (χ4v) is 1.03. The van der Waals surface area contributed by atoms with Crippen molar-refractivity contribution < 1.29 is 4.79 Å². The van der Waals surface area contributed by atoms with Crippen LogP contribution in [0.1, 0.15) is 19.3 Å². The third-order valence-corrected chi connectivity index (χ3v) is 2.03. The molecule has 0 heterocycles.